The van der Waals surface area contributed by atoms with Crippen molar-refractivity contribution >= 4 is 40.7 Å². The summed E-state index contributed by atoms with van der Waals surface area (Å²) in [7, 11) is 0. The molecule has 0 saturated carbocycles. The molecule has 0 aromatic rings. The third kappa shape index (κ3) is 3.96. The Morgan fingerprint density at radius 3 is 2.38 bits per heavy atom. The van der Waals surface area contributed by atoms with E-state index in [-0.39, 0.29) is 17.8 Å². The van der Waals surface area contributed by atoms with Gasteiger partial charge in [0.1, 0.15) is 0 Å². The van der Waals surface area contributed by atoms with Gasteiger partial charge in [0.05, 0.1) is 0 Å². The molecule has 1 heterocycles. The molecular formula is C10H12NO4Sn. The van der Waals surface area contributed by atoms with Crippen LogP contribution in [-0.4, -0.2) is 52.2 Å². The molecule has 1 aliphatic heterocycles. The van der Waals surface area contributed by atoms with E-state index in [1.54, 1.807) is 0 Å². The van der Waals surface area contributed by atoms with Gasteiger partial charge in [0.2, 0.25) is 0 Å². The summed E-state index contributed by atoms with van der Waals surface area (Å²) in [6, 6.07) is 0. The second kappa shape index (κ2) is 6.67. The number of unbranched alkanes of at least 4 members (excludes halogenated alkanes) is 2. The predicted molar refractivity (Wildman–Crippen MR) is 56.2 cm³/mol. The number of carbonyl (C=O) groups is 3. The van der Waals surface area contributed by atoms with Gasteiger partial charge in [-0.1, -0.05) is 0 Å². The van der Waals surface area contributed by atoms with E-state index < -0.39 is 0 Å². The quantitative estimate of drug-likeness (QED) is 0.394. The van der Waals surface area contributed by atoms with E-state index in [2.05, 4.69) is 3.07 Å². The topological polar surface area (TPSA) is 63.7 Å². The molecule has 2 amide bonds. The molecule has 0 bridgehead atoms. The number of hydrogen-bond donors (Lipinski definition) is 0. The van der Waals surface area contributed by atoms with Crippen molar-refractivity contribution in [3.8, 4) is 0 Å². The van der Waals surface area contributed by atoms with Crippen LogP contribution >= 0.6 is 0 Å². The van der Waals surface area contributed by atoms with Crippen molar-refractivity contribution < 1.29 is 17.5 Å². The summed E-state index contributed by atoms with van der Waals surface area (Å²) in [6.07, 6.45) is 5.23. The molecule has 0 fully saturated rings. The molecule has 85 valence electrons. The summed E-state index contributed by atoms with van der Waals surface area (Å²) in [6.45, 7) is 0.428. The van der Waals surface area contributed by atoms with E-state index in [1.807, 2.05) is 0 Å². The first-order valence-corrected chi connectivity index (χ1v) is 6.21. The monoisotopic (exact) mass is 330 g/mol. The Labute approximate surface area is 107 Å². The number of rotatable bonds is 6. The molecule has 0 spiro atoms. The van der Waals surface area contributed by atoms with E-state index in [1.165, 1.54) is 17.1 Å². The van der Waals surface area contributed by atoms with Crippen molar-refractivity contribution in [3.63, 3.8) is 0 Å². The number of imide groups is 1. The van der Waals surface area contributed by atoms with Gasteiger partial charge in [0.15, 0.2) is 0 Å². The van der Waals surface area contributed by atoms with Gasteiger partial charge in [-0.3, -0.25) is 0 Å². The van der Waals surface area contributed by atoms with Crippen LogP contribution in [0.25, 0.3) is 0 Å². The molecule has 16 heavy (non-hydrogen) atoms. The number of amides is 2. The first-order chi connectivity index (χ1) is 7.65. The number of nitrogens with zero attached hydrogens (tertiary/aromatic N) is 1. The Morgan fingerprint density at radius 1 is 1.19 bits per heavy atom. The van der Waals surface area contributed by atoms with Crippen LogP contribution in [0.4, 0.5) is 0 Å². The fourth-order valence-electron chi connectivity index (χ4n) is 1.42. The SMILES string of the molecule is O=C(CCCCCN1C(=O)C=CC1=O)[O][Sn]. The summed E-state index contributed by atoms with van der Waals surface area (Å²) in [5.41, 5.74) is 0. The predicted octanol–water partition coefficient (Wildman–Crippen LogP) is 0.0985. The summed E-state index contributed by atoms with van der Waals surface area (Å²) in [4.78, 5) is 34.3. The zero-order chi connectivity index (χ0) is 12.0. The number of carbonyl (C=O) groups excluding carboxylic acids is 3. The average molecular weight is 329 g/mol. The van der Waals surface area contributed by atoms with Crippen molar-refractivity contribution in [2.45, 2.75) is 25.7 Å². The second-order valence-electron chi connectivity index (χ2n) is 3.45. The van der Waals surface area contributed by atoms with Gasteiger partial charge in [-0.25, -0.2) is 0 Å². The van der Waals surface area contributed by atoms with Crippen LogP contribution in [0.5, 0.6) is 0 Å². The molecular weight excluding hydrogens is 317 g/mol. The van der Waals surface area contributed by atoms with Gasteiger partial charge >= 0.3 is 107 Å². The maximum atomic E-state index is 11.2. The van der Waals surface area contributed by atoms with E-state index in [0.717, 1.165) is 42.2 Å². The van der Waals surface area contributed by atoms with Crippen LogP contribution in [-0.2, 0) is 17.5 Å². The molecule has 0 aliphatic carbocycles. The van der Waals surface area contributed by atoms with Gasteiger partial charge < -0.3 is 0 Å². The molecule has 0 atom stereocenters. The summed E-state index contributed by atoms with van der Waals surface area (Å²) >= 11 is 0.761. The Morgan fingerprint density at radius 2 is 1.81 bits per heavy atom. The third-order valence-electron chi connectivity index (χ3n) is 2.28. The minimum atomic E-state index is -0.248. The second-order valence-corrected chi connectivity index (χ2v) is 4.03. The average Bonchev–Trinajstić information content (AvgIpc) is 2.59. The Kier molecular flexibility index (Phi) is 5.51. The molecule has 1 aliphatic rings. The fraction of sp³-hybridized carbons (Fsp3) is 0.500. The van der Waals surface area contributed by atoms with Crippen LogP contribution in [0.3, 0.4) is 0 Å². The van der Waals surface area contributed by atoms with Gasteiger partial charge in [-0.05, 0) is 0 Å². The summed E-state index contributed by atoms with van der Waals surface area (Å²) in [5, 5.41) is 0. The minimum absolute atomic E-state index is 0.187. The van der Waals surface area contributed by atoms with Crippen molar-refractivity contribution in [1.82, 2.24) is 4.90 Å². The van der Waals surface area contributed by atoms with Gasteiger partial charge in [-0.15, -0.1) is 0 Å². The molecule has 3 radical (unpaired) electrons. The molecule has 0 unspecified atom stereocenters. The molecule has 0 aromatic carbocycles. The van der Waals surface area contributed by atoms with Gasteiger partial charge in [-0.2, -0.15) is 0 Å². The van der Waals surface area contributed by atoms with Gasteiger partial charge in [0, 0.05) is 0 Å². The zero-order valence-electron chi connectivity index (χ0n) is 8.77. The normalized spacial score (nSPS) is 14.7. The van der Waals surface area contributed by atoms with Crippen molar-refractivity contribution in [2.24, 2.45) is 0 Å². The Balaban J connectivity index is 2.10. The van der Waals surface area contributed by atoms with Crippen LogP contribution in [0, 0.1) is 0 Å². The summed E-state index contributed by atoms with van der Waals surface area (Å²) < 4.78 is 4.59. The fourth-order valence-corrected chi connectivity index (χ4v) is 1.71. The number of hydrogen-bond acceptors (Lipinski definition) is 4. The van der Waals surface area contributed by atoms with E-state index in [4.69, 9.17) is 0 Å². The Hall–Kier alpha value is -0.851. The van der Waals surface area contributed by atoms with E-state index >= 15 is 0 Å². The van der Waals surface area contributed by atoms with Crippen LogP contribution in [0.2, 0.25) is 0 Å². The van der Waals surface area contributed by atoms with Crippen molar-refractivity contribution in [3.05, 3.63) is 12.2 Å². The van der Waals surface area contributed by atoms with Gasteiger partial charge in [0.25, 0.3) is 0 Å². The first kappa shape index (κ1) is 13.2. The van der Waals surface area contributed by atoms with Crippen molar-refractivity contribution in [2.75, 3.05) is 6.54 Å². The van der Waals surface area contributed by atoms with Crippen LogP contribution < -0.4 is 0 Å². The zero-order valence-corrected chi connectivity index (χ0v) is 11.6. The van der Waals surface area contributed by atoms with Crippen molar-refractivity contribution in [1.29, 1.82) is 0 Å². The maximum absolute atomic E-state index is 11.2. The molecule has 1 rings (SSSR count). The first-order valence-electron chi connectivity index (χ1n) is 5.05. The standard InChI is InChI=1S/C10H13NO4.Sn/c12-8-5-6-9(13)11(8)7-3-1-2-4-10(14)15;/h5-6H,1-4,7H2,(H,14,15);/q;+1/p-1. The molecule has 0 saturated heterocycles. The van der Waals surface area contributed by atoms with E-state index in [0.29, 0.717) is 13.0 Å². The van der Waals surface area contributed by atoms with Crippen LogP contribution in [0.1, 0.15) is 25.7 Å². The summed E-state index contributed by atoms with van der Waals surface area (Å²) in [5.74, 6) is -0.683. The molecule has 0 N–H and O–H groups in total. The third-order valence-corrected chi connectivity index (χ3v) is 2.93. The molecule has 0 aromatic heterocycles. The van der Waals surface area contributed by atoms with E-state index in [9.17, 15) is 14.4 Å². The van der Waals surface area contributed by atoms with Crippen LogP contribution in [0.15, 0.2) is 12.2 Å². The Bertz CT molecular complexity index is 309. The molecule has 6 heteroatoms. The molecule has 5 nitrogen and oxygen atoms in total.